The molecule has 1 aromatic rings. The van der Waals surface area contributed by atoms with E-state index >= 15 is 0 Å². The fourth-order valence-corrected chi connectivity index (χ4v) is 0.836. The second-order valence-electron chi connectivity index (χ2n) is 2.56. The van der Waals surface area contributed by atoms with Gasteiger partial charge < -0.3 is 5.73 Å². The Balaban J connectivity index is 0.000000134. The van der Waals surface area contributed by atoms with E-state index in [1.807, 2.05) is 0 Å². The Morgan fingerprint density at radius 2 is 1.73 bits per heavy atom. The van der Waals surface area contributed by atoms with Gasteiger partial charge in [0.25, 0.3) is 0 Å². The average Bonchev–Trinajstić information content (AvgIpc) is 2.62. The number of primary amides is 1. The topological polar surface area (TPSA) is 43.1 Å². The van der Waals surface area contributed by atoms with Crippen LogP contribution >= 0.6 is 0 Å². The predicted octanol–water partition coefficient (Wildman–Crippen LogP) is 1.08. The Bertz CT molecular complexity index is 243. The minimum absolute atomic E-state index is 0.333. The van der Waals surface area contributed by atoms with Crippen LogP contribution in [0.1, 0.15) is 18.1 Å². The number of hydrogen-bond donors (Lipinski definition) is 1. The van der Waals surface area contributed by atoms with Gasteiger partial charge in [-0.2, -0.15) is 0 Å². The Morgan fingerprint density at radius 1 is 1.36 bits per heavy atom. The molecule has 2 nitrogen and oxygen atoms in total. The molecule has 0 saturated heterocycles. The van der Waals surface area contributed by atoms with Gasteiger partial charge in [-0.1, -0.05) is 24.3 Å². The maximum atomic E-state index is 9.22. The Hall–Kier alpha value is -1.31. The third-order valence-electron chi connectivity index (χ3n) is 1.37. The van der Waals surface area contributed by atoms with Crippen molar-refractivity contribution in [2.75, 3.05) is 0 Å². The second kappa shape index (κ2) is 3.19. The van der Waals surface area contributed by atoms with Crippen molar-refractivity contribution in [3.8, 4) is 0 Å². The maximum absolute atomic E-state index is 9.22. The molecule has 1 amide bonds. The third kappa shape index (κ3) is 2.85. The van der Waals surface area contributed by atoms with Crippen molar-refractivity contribution in [3.63, 3.8) is 0 Å². The average molecular weight is 149 g/mol. The summed E-state index contributed by atoms with van der Waals surface area (Å²) in [4.78, 5) is 9.22. The summed E-state index contributed by atoms with van der Waals surface area (Å²) in [7, 11) is 0. The SMILES string of the molecule is CC(N)=O.c1ccc2c(c1)C2. The van der Waals surface area contributed by atoms with Crippen molar-refractivity contribution in [3.05, 3.63) is 35.4 Å². The summed E-state index contributed by atoms with van der Waals surface area (Å²) in [6.07, 6.45) is 1.24. The summed E-state index contributed by atoms with van der Waals surface area (Å²) in [6.45, 7) is 1.31. The summed E-state index contributed by atoms with van der Waals surface area (Å²) in [5.41, 5.74) is 7.53. The van der Waals surface area contributed by atoms with Crippen LogP contribution in [0.15, 0.2) is 24.3 Å². The lowest BCUT2D eigenvalue weighted by Crippen LogP contribution is -2.01. The molecule has 0 aromatic heterocycles. The van der Waals surface area contributed by atoms with Gasteiger partial charge in [-0.05, 0) is 17.5 Å². The highest BCUT2D eigenvalue weighted by molar-refractivity contribution is 5.70. The molecule has 0 fully saturated rings. The van der Waals surface area contributed by atoms with Crippen LogP contribution in [0.2, 0.25) is 0 Å². The summed E-state index contributed by atoms with van der Waals surface area (Å²) >= 11 is 0. The zero-order valence-corrected chi connectivity index (χ0v) is 6.50. The molecule has 0 aliphatic heterocycles. The van der Waals surface area contributed by atoms with Gasteiger partial charge in [0.05, 0.1) is 0 Å². The highest BCUT2D eigenvalue weighted by Crippen LogP contribution is 2.25. The molecule has 1 aliphatic rings. The van der Waals surface area contributed by atoms with Crippen molar-refractivity contribution in [1.29, 1.82) is 0 Å². The Kier molecular flexibility index (Phi) is 2.26. The molecule has 11 heavy (non-hydrogen) atoms. The van der Waals surface area contributed by atoms with Crippen molar-refractivity contribution in [2.24, 2.45) is 5.73 Å². The zero-order valence-electron chi connectivity index (χ0n) is 6.50. The normalized spacial score (nSPS) is 10.6. The molecule has 2 N–H and O–H groups in total. The number of rotatable bonds is 0. The summed E-state index contributed by atoms with van der Waals surface area (Å²) in [5, 5.41) is 0. The van der Waals surface area contributed by atoms with Crippen LogP contribution in [-0.2, 0) is 11.2 Å². The van der Waals surface area contributed by atoms with E-state index in [0.717, 1.165) is 0 Å². The summed E-state index contributed by atoms with van der Waals surface area (Å²) in [6, 6.07) is 8.53. The standard InChI is InChI=1S/C7H6.C2H5NO/c1-2-4-7-5-6(7)3-1;1-2(3)4/h1-4H,5H2;1H3,(H2,3,4). The van der Waals surface area contributed by atoms with Crippen LogP contribution in [0.5, 0.6) is 0 Å². The number of fused-ring (bicyclic) bond motifs is 1. The van der Waals surface area contributed by atoms with Crippen LogP contribution < -0.4 is 5.73 Å². The predicted molar refractivity (Wildman–Crippen MR) is 44.1 cm³/mol. The van der Waals surface area contributed by atoms with E-state index in [1.165, 1.54) is 24.5 Å². The zero-order chi connectivity index (χ0) is 8.27. The molecular formula is C9H11NO. The highest BCUT2D eigenvalue weighted by atomic mass is 16.1. The van der Waals surface area contributed by atoms with Crippen LogP contribution in [-0.4, -0.2) is 5.91 Å². The van der Waals surface area contributed by atoms with Crippen LogP contribution in [0.25, 0.3) is 0 Å². The molecule has 0 radical (unpaired) electrons. The molecule has 1 aromatic carbocycles. The van der Waals surface area contributed by atoms with Gasteiger partial charge >= 0.3 is 0 Å². The number of carbonyl (C=O) groups is 1. The van der Waals surface area contributed by atoms with Gasteiger partial charge in [-0.3, -0.25) is 4.79 Å². The molecule has 0 bridgehead atoms. The molecule has 0 unspecified atom stereocenters. The lowest BCUT2D eigenvalue weighted by atomic mass is 10.4. The first-order chi connectivity index (χ1) is 5.20. The summed E-state index contributed by atoms with van der Waals surface area (Å²) in [5.74, 6) is -0.333. The van der Waals surface area contributed by atoms with Crippen LogP contribution in [0.3, 0.4) is 0 Å². The van der Waals surface area contributed by atoms with Crippen LogP contribution in [0, 0.1) is 0 Å². The first kappa shape index (κ1) is 7.79. The minimum atomic E-state index is -0.333. The molecule has 2 rings (SSSR count). The molecule has 0 saturated carbocycles. The fourth-order valence-electron chi connectivity index (χ4n) is 0.836. The van der Waals surface area contributed by atoms with E-state index in [2.05, 4.69) is 30.0 Å². The molecule has 58 valence electrons. The molecule has 0 atom stereocenters. The number of carbonyl (C=O) groups excluding carboxylic acids is 1. The first-order valence-electron chi connectivity index (χ1n) is 3.53. The minimum Gasteiger partial charge on any atom is -0.370 e. The Labute approximate surface area is 66.0 Å². The monoisotopic (exact) mass is 149 g/mol. The number of hydrogen-bond acceptors (Lipinski definition) is 1. The van der Waals surface area contributed by atoms with Crippen molar-refractivity contribution in [1.82, 2.24) is 0 Å². The van der Waals surface area contributed by atoms with Gasteiger partial charge in [0.2, 0.25) is 5.91 Å². The summed E-state index contributed by atoms with van der Waals surface area (Å²) < 4.78 is 0. The molecule has 1 aliphatic carbocycles. The maximum Gasteiger partial charge on any atom is 0.214 e. The van der Waals surface area contributed by atoms with E-state index in [4.69, 9.17) is 0 Å². The van der Waals surface area contributed by atoms with E-state index in [9.17, 15) is 4.79 Å². The molecule has 0 heterocycles. The van der Waals surface area contributed by atoms with Crippen molar-refractivity contribution < 1.29 is 4.79 Å². The first-order valence-corrected chi connectivity index (χ1v) is 3.53. The van der Waals surface area contributed by atoms with E-state index in [0.29, 0.717) is 0 Å². The van der Waals surface area contributed by atoms with Gasteiger partial charge in [0, 0.05) is 6.92 Å². The highest BCUT2D eigenvalue weighted by Gasteiger charge is 2.12. The fraction of sp³-hybridized carbons (Fsp3) is 0.222. The van der Waals surface area contributed by atoms with Gasteiger partial charge in [0.1, 0.15) is 0 Å². The van der Waals surface area contributed by atoms with E-state index < -0.39 is 0 Å². The van der Waals surface area contributed by atoms with Gasteiger partial charge in [0.15, 0.2) is 0 Å². The van der Waals surface area contributed by atoms with E-state index in [-0.39, 0.29) is 5.91 Å². The van der Waals surface area contributed by atoms with E-state index in [1.54, 1.807) is 0 Å². The quantitative estimate of drug-likeness (QED) is 0.598. The van der Waals surface area contributed by atoms with Gasteiger partial charge in [-0.15, -0.1) is 0 Å². The lowest BCUT2D eigenvalue weighted by molar-refractivity contribution is -0.115. The molecule has 0 spiro atoms. The number of nitrogens with two attached hydrogens (primary N) is 1. The largest absolute Gasteiger partial charge is 0.370 e. The smallest absolute Gasteiger partial charge is 0.214 e. The number of amides is 1. The molecular weight excluding hydrogens is 138 g/mol. The van der Waals surface area contributed by atoms with Gasteiger partial charge in [-0.25, -0.2) is 0 Å². The Morgan fingerprint density at radius 3 is 2.00 bits per heavy atom. The molecule has 2 heteroatoms. The third-order valence-corrected chi connectivity index (χ3v) is 1.37. The lowest BCUT2D eigenvalue weighted by Gasteiger charge is -1.69. The number of benzene rings is 1. The van der Waals surface area contributed by atoms with Crippen LogP contribution in [0.4, 0.5) is 0 Å². The van der Waals surface area contributed by atoms with Crippen molar-refractivity contribution in [2.45, 2.75) is 13.3 Å². The van der Waals surface area contributed by atoms with Crippen molar-refractivity contribution >= 4 is 5.91 Å². The second-order valence-corrected chi connectivity index (χ2v) is 2.56.